The number of hydrogen-bond acceptors (Lipinski definition) is 5. The predicted octanol–water partition coefficient (Wildman–Crippen LogP) is 5.08. The monoisotopic (exact) mass is 472 g/mol. The van der Waals surface area contributed by atoms with E-state index in [1.54, 1.807) is 43.5 Å². The smallest absolute Gasteiger partial charge is 0.295 e. The van der Waals surface area contributed by atoms with E-state index < -0.39 is 10.1 Å². The Morgan fingerprint density at radius 2 is 1.97 bits per heavy atom. The summed E-state index contributed by atoms with van der Waals surface area (Å²) in [6, 6.07) is 10.1. The molecular formula is C21H26Cl2N2O4S. The molecule has 164 valence electrons. The van der Waals surface area contributed by atoms with Gasteiger partial charge >= 0.3 is 0 Å². The molecule has 1 saturated heterocycles. The van der Waals surface area contributed by atoms with Gasteiger partial charge in [-0.1, -0.05) is 23.7 Å². The second kappa shape index (κ2) is 10.5. The highest BCUT2D eigenvalue weighted by molar-refractivity contribution is 7.86. The van der Waals surface area contributed by atoms with Crippen molar-refractivity contribution in [2.75, 3.05) is 19.7 Å². The molecule has 2 aromatic carbocycles. The molecule has 0 atom stereocenters. The largest absolute Gasteiger partial charge is 0.493 e. The Morgan fingerprint density at radius 1 is 1.27 bits per heavy atom. The van der Waals surface area contributed by atoms with Gasteiger partial charge in [0.2, 0.25) is 0 Å². The average Bonchev–Trinajstić information content (AvgIpc) is 2.66. The van der Waals surface area contributed by atoms with E-state index in [0.717, 1.165) is 25.9 Å². The van der Waals surface area contributed by atoms with Crippen LogP contribution in [0.1, 0.15) is 25.3 Å². The van der Waals surface area contributed by atoms with E-state index in [1.807, 2.05) is 11.9 Å². The van der Waals surface area contributed by atoms with Gasteiger partial charge in [0.15, 0.2) is 0 Å². The molecule has 0 unspecified atom stereocenters. The van der Waals surface area contributed by atoms with Crippen molar-refractivity contribution in [3.05, 3.63) is 47.0 Å². The number of aryl methyl sites for hydroxylation is 1. The highest BCUT2D eigenvalue weighted by atomic mass is 35.5. The predicted molar refractivity (Wildman–Crippen MR) is 123 cm³/mol. The molecule has 2 aromatic rings. The van der Waals surface area contributed by atoms with E-state index in [-0.39, 0.29) is 17.3 Å². The minimum absolute atomic E-state index is 0. The van der Waals surface area contributed by atoms with Gasteiger partial charge < -0.3 is 4.74 Å². The van der Waals surface area contributed by atoms with Crippen LogP contribution in [0.15, 0.2) is 46.4 Å². The molecule has 1 aliphatic heterocycles. The van der Waals surface area contributed by atoms with Crippen molar-refractivity contribution < 1.29 is 17.7 Å². The van der Waals surface area contributed by atoms with Crippen LogP contribution in [0, 0.1) is 12.8 Å². The summed E-state index contributed by atoms with van der Waals surface area (Å²) in [6.45, 7) is 5.86. The molecule has 6 nitrogen and oxygen atoms in total. The number of halogens is 2. The molecule has 1 N–H and O–H groups in total. The van der Waals surface area contributed by atoms with Crippen molar-refractivity contribution in [2.24, 2.45) is 11.0 Å². The summed E-state index contributed by atoms with van der Waals surface area (Å²) in [7, 11) is -4.44. The lowest BCUT2D eigenvalue weighted by molar-refractivity contribution is 0.145. The highest BCUT2D eigenvalue weighted by Gasteiger charge is 2.24. The summed E-state index contributed by atoms with van der Waals surface area (Å²) < 4.78 is 40.1. The Bertz CT molecular complexity index is 1000. The van der Waals surface area contributed by atoms with Crippen LogP contribution in [-0.4, -0.2) is 43.9 Å². The molecule has 0 saturated carbocycles. The van der Waals surface area contributed by atoms with E-state index in [1.165, 1.54) is 6.07 Å². The molecule has 0 aliphatic carbocycles. The van der Waals surface area contributed by atoms with Gasteiger partial charge in [0, 0.05) is 29.9 Å². The normalized spacial score (nSPS) is 15.3. The molecule has 1 heterocycles. The number of rotatable bonds is 6. The topological polar surface area (TPSA) is 79.2 Å². The molecule has 0 amide bonds. The van der Waals surface area contributed by atoms with Crippen molar-refractivity contribution in [3.63, 3.8) is 0 Å². The standard InChI is InChI=1S/C21H25ClN2O4S.ClH/c1-3-23-24-9-7-16(8-10-24)14-28-19-11-15(2)12-20(29(25,26)27)21(19)17-5-4-6-18(22)13-17;/h3-6,11-13,16H,7-10,14H2,1-2H3,(H,25,26,27);1H/b23-3+;. The van der Waals surface area contributed by atoms with Crippen LogP contribution in [0.2, 0.25) is 5.02 Å². The molecule has 0 bridgehead atoms. The summed E-state index contributed by atoms with van der Waals surface area (Å²) in [5, 5.41) is 6.82. The van der Waals surface area contributed by atoms with Crippen molar-refractivity contribution >= 4 is 40.3 Å². The lowest BCUT2D eigenvalue weighted by atomic mass is 9.98. The number of hydrazone groups is 1. The number of nitrogens with zero attached hydrogens (tertiary/aromatic N) is 2. The third-order valence-corrected chi connectivity index (χ3v) is 6.06. The second-order valence-corrected chi connectivity index (χ2v) is 9.03. The molecule has 3 rings (SSSR count). The fourth-order valence-electron chi connectivity index (χ4n) is 3.54. The van der Waals surface area contributed by atoms with Crippen molar-refractivity contribution in [2.45, 2.75) is 31.6 Å². The fourth-order valence-corrected chi connectivity index (χ4v) is 4.54. The van der Waals surface area contributed by atoms with E-state index >= 15 is 0 Å². The fraction of sp³-hybridized carbons (Fsp3) is 0.381. The van der Waals surface area contributed by atoms with Crippen LogP contribution in [0.25, 0.3) is 11.1 Å². The Labute approximate surface area is 189 Å². The maximum atomic E-state index is 12.1. The zero-order valence-electron chi connectivity index (χ0n) is 16.9. The van der Waals surface area contributed by atoms with Gasteiger partial charge in [-0.25, -0.2) is 0 Å². The van der Waals surface area contributed by atoms with Gasteiger partial charge in [0.25, 0.3) is 10.1 Å². The molecule has 1 fully saturated rings. The average molecular weight is 473 g/mol. The first kappa shape index (κ1) is 24.5. The number of ether oxygens (including phenoxy) is 1. The maximum absolute atomic E-state index is 12.1. The molecule has 30 heavy (non-hydrogen) atoms. The second-order valence-electron chi connectivity index (χ2n) is 7.20. The third kappa shape index (κ3) is 6.11. The lowest BCUT2D eigenvalue weighted by Crippen LogP contribution is -2.32. The molecule has 9 heteroatoms. The first-order chi connectivity index (χ1) is 13.8. The molecule has 0 radical (unpaired) electrons. The van der Waals surface area contributed by atoms with Crippen LogP contribution in [0.5, 0.6) is 5.75 Å². The molecular weight excluding hydrogens is 447 g/mol. The Balaban J connectivity index is 0.00000320. The van der Waals surface area contributed by atoms with Crippen LogP contribution in [0.4, 0.5) is 0 Å². The Morgan fingerprint density at radius 3 is 2.57 bits per heavy atom. The summed E-state index contributed by atoms with van der Waals surface area (Å²) in [5.41, 5.74) is 1.59. The molecule has 0 spiro atoms. The first-order valence-electron chi connectivity index (χ1n) is 9.52. The van der Waals surface area contributed by atoms with Crippen LogP contribution < -0.4 is 4.74 Å². The maximum Gasteiger partial charge on any atom is 0.295 e. The van der Waals surface area contributed by atoms with E-state index in [4.69, 9.17) is 16.3 Å². The Hall–Kier alpha value is -1.80. The summed E-state index contributed by atoms with van der Waals surface area (Å²) in [6.07, 6.45) is 3.68. The van der Waals surface area contributed by atoms with Crippen LogP contribution >= 0.6 is 24.0 Å². The Kier molecular flexibility index (Phi) is 8.55. The van der Waals surface area contributed by atoms with Gasteiger partial charge in [-0.3, -0.25) is 9.56 Å². The van der Waals surface area contributed by atoms with E-state index in [0.29, 0.717) is 40.0 Å². The summed E-state index contributed by atoms with van der Waals surface area (Å²) >= 11 is 6.11. The van der Waals surface area contributed by atoms with Crippen LogP contribution in [-0.2, 0) is 10.1 Å². The van der Waals surface area contributed by atoms with Gasteiger partial charge in [-0.05, 0) is 68.0 Å². The van der Waals surface area contributed by atoms with Gasteiger partial charge in [0.1, 0.15) is 10.6 Å². The third-order valence-electron chi connectivity index (χ3n) is 4.95. The van der Waals surface area contributed by atoms with E-state index in [9.17, 15) is 13.0 Å². The summed E-state index contributed by atoms with van der Waals surface area (Å²) in [5.74, 6) is 0.772. The minimum Gasteiger partial charge on any atom is -0.493 e. The van der Waals surface area contributed by atoms with Crippen molar-refractivity contribution in [1.29, 1.82) is 0 Å². The quantitative estimate of drug-likeness (QED) is 0.468. The van der Waals surface area contributed by atoms with Gasteiger partial charge in [0.05, 0.1) is 6.61 Å². The van der Waals surface area contributed by atoms with Gasteiger partial charge in [-0.2, -0.15) is 13.5 Å². The lowest BCUT2D eigenvalue weighted by Gasteiger charge is -2.30. The zero-order chi connectivity index (χ0) is 21.0. The van der Waals surface area contributed by atoms with Gasteiger partial charge in [-0.15, -0.1) is 12.4 Å². The number of hydrogen-bond donors (Lipinski definition) is 1. The number of benzene rings is 2. The zero-order valence-corrected chi connectivity index (χ0v) is 19.3. The SMILES string of the molecule is C/C=N/N1CCC(COc2cc(C)cc(S(=O)(=O)O)c2-c2cccc(Cl)c2)CC1.Cl. The highest BCUT2D eigenvalue weighted by Crippen LogP contribution is 2.38. The molecule has 0 aromatic heterocycles. The van der Waals surface area contributed by atoms with E-state index in [2.05, 4.69) is 5.10 Å². The van der Waals surface area contributed by atoms with Crippen molar-refractivity contribution in [3.8, 4) is 16.9 Å². The van der Waals surface area contributed by atoms with Crippen molar-refractivity contribution in [1.82, 2.24) is 5.01 Å². The molecule has 1 aliphatic rings. The minimum atomic E-state index is -4.44. The van der Waals surface area contributed by atoms with Crippen LogP contribution in [0.3, 0.4) is 0 Å². The first-order valence-corrected chi connectivity index (χ1v) is 11.3. The summed E-state index contributed by atoms with van der Waals surface area (Å²) in [4.78, 5) is -0.179. The number of piperidine rings is 1.